The summed E-state index contributed by atoms with van der Waals surface area (Å²) in [4.78, 5) is 33.3. The number of hydrogen-bond acceptors (Lipinski definition) is 6. The van der Waals surface area contributed by atoms with Crippen LogP contribution >= 0.6 is 0 Å². The minimum Gasteiger partial charge on any atom is -0.406 e. The van der Waals surface area contributed by atoms with Crippen LogP contribution in [-0.2, 0) is 11.2 Å². The molecule has 1 aromatic heterocycles. The van der Waals surface area contributed by atoms with Crippen LogP contribution in [0.2, 0.25) is 0 Å². The van der Waals surface area contributed by atoms with Crippen LogP contribution in [0.1, 0.15) is 34.6 Å². The molecule has 1 atom stereocenters. The van der Waals surface area contributed by atoms with E-state index in [-0.39, 0.29) is 23.8 Å². The summed E-state index contributed by atoms with van der Waals surface area (Å²) in [6.07, 6.45) is -4.50. The first-order chi connectivity index (χ1) is 14.0. The molecule has 30 heavy (non-hydrogen) atoms. The van der Waals surface area contributed by atoms with Crippen LogP contribution in [0.15, 0.2) is 30.3 Å². The van der Waals surface area contributed by atoms with Crippen LogP contribution in [0.4, 0.5) is 19.1 Å². The van der Waals surface area contributed by atoms with Gasteiger partial charge >= 0.3 is 6.36 Å². The maximum absolute atomic E-state index is 12.3. The number of rotatable bonds is 7. The van der Waals surface area contributed by atoms with Gasteiger partial charge in [-0.15, -0.1) is 13.2 Å². The summed E-state index contributed by atoms with van der Waals surface area (Å²) in [7, 11) is 0. The number of nitrogens with two attached hydrogens (primary N) is 2. The van der Waals surface area contributed by atoms with E-state index in [9.17, 15) is 22.8 Å². The fraction of sp³-hybridized carbons (Fsp3) is 0.368. The maximum atomic E-state index is 12.3. The summed E-state index contributed by atoms with van der Waals surface area (Å²) in [5.74, 6) is -1.62. The lowest BCUT2D eigenvalue weighted by Gasteiger charge is -2.39. The number of carbonyl (C=O) groups is 2. The van der Waals surface area contributed by atoms with E-state index in [1.807, 2.05) is 4.90 Å². The number of alkyl halides is 3. The standard InChI is InChI=1S/C19H20F3N5O3/c1-10(16(23)28)6-13-7-15(17(24)29)26-18(25-13)27-8-12(9-27)11-2-4-14(5-3-11)30-19(20,21)22/h2-5,7,10,12H,6,8-9H2,1H3,(H2,23,28)(H2,24,29)/t10-/m1/s1. The first-order valence-corrected chi connectivity index (χ1v) is 9.09. The number of aromatic nitrogens is 2. The Bertz CT molecular complexity index is 943. The van der Waals surface area contributed by atoms with Crippen LogP contribution in [0.25, 0.3) is 0 Å². The molecular formula is C19H20F3N5O3. The number of primary amides is 2. The average Bonchev–Trinajstić information content (AvgIpc) is 2.60. The molecule has 0 saturated carbocycles. The lowest BCUT2D eigenvalue weighted by molar-refractivity contribution is -0.274. The molecule has 1 aliphatic rings. The first kappa shape index (κ1) is 21.3. The molecule has 2 amide bonds. The Morgan fingerprint density at radius 3 is 2.37 bits per heavy atom. The van der Waals surface area contributed by atoms with Crippen molar-refractivity contribution in [1.29, 1.82) is 0 Å². The first-order valence-electron chi connectivity index (χ1n) is 9.09. The van der Waals surface area contributed by atoms with Gasteiger partial charge in [0, 0.05) is 37.0 Å². The zero-order valence-corrected chi connectivity index (χ0v) is 16.0. The van der Waals surface area contributed by atoms with Crippen molar-refractivity contribution in [1.82, 2.24) is 9.97 Å². The number of hydrogen-bond donors (Lipinski definition) is 2. The Hall–Kier alpha value is -3.37. The molecule has 0 unspecified atom stereocenters. The number of benzene rings is 1. The van der Waals surface area contributed by atoms with Crippen molar-refractivity contribution in [2.24, 2.45) is 17.4 Å². The molecule has 0 spiro atoms. The van der Waals surface area contributed by atoms with Crippen LogP contribution in [-0.4, -0.2) is 41.2 Å². The molecule has 4 N–H and O–H groups in total. The second-order valence-electron chi connectivity index (χ2n) is 7.14. The van der Waals surface area contributed by atoms with Crippen LogP contribution in [0.5, 0.6) is 5.75 Å². The van der Waals surface area contributed by atoms with Gasteiger partial charge in [0.05, 0.1) is 0 Å². The topological polar surface area (TPSA) is 124 Å². The summed E-state index contributed by atoms with van der Waals surface area (Å²) in [5.41, 5.74) is 12.0. The molecule has 11 heteroatoms. The van der Waals surface area contributed by atoms with Gasteiger partial charge in [-0.2, -0.15) is 0 Å². The highest BCUT2D eigenvalue weighted by Crippen LogP contribution is 2.32. The van der Waals surface area contributed by atoms with Gasteiger partial charge in [-0.3, -0.25) is 9.59 Å². The number of ether oxygens (including phenoxy) is 1. The normalized spacial score (nSPS) is 15.4. The summed E-state index contributed by atoms with van der Waals surface area (Å²) in [5, 5.41) is 0. The van der Waals surface area contributed by atoms with Gasteiger partial charge in [-0.05, 0) is 23.8 Å². The third-order valence-corrected chi connectivity index (χ3v) is 4.77. The Kier molecular flexibility index (Phi) is 5.81. The quantitative estimate of drug-likeness (QED) is 0.699. The van der Waals surface area contributed by atoms with E-state index < -0.39 is 24.1 Å². The molecule has 3 rings (SSSR count). The number of halogens is 3. The van der Waals surface area contributed by atoms with Gasteiger partial charge in [0.25, 0.3) is 5.91 Å². The van der Waals surface area contributed by atoms with Crippen molar-refractivity contribution >= 4 is 17.8 Å². The molecule has 1 saturated heterocycles. The van der Waals surface area contributed by atoms with Gasteiger partial charge in [-0.25, -0.2) is 9.97 Å². The highest BCUT2D eigenvalue weighted by atomic mass is 19.4. The van der Waals surface area contributed by atoms with Crippen LogP contribution in [0.3, 0.4) is 0 Å². The van der Waals surface area contributed by atoms with Gasteiger partial charge < -0.3 is 21.1 Å². The molecule has 1 fully saturated rings. The van der Waals surface area contributed by atoms with E-state index in [1.54, 1.807) is 19.1 Å². The van der Waals surface area contributed by atoms with Crippen molar-refractivity contribution in [2.45, 2.75) is 25.6 Å². The van der Waals surface area contributed by atoms with Crippen LogP contribution < -0.4 is 21.1 Å². The fourth-order valence-electron chi connectivity index (χ4n) is 3.06. The molecule has 0 radical (unpaired) electrons. The minimum atomic E-state index is -4.73. The Morgan fingerprint density at radius 2 is 1.83 bits per heavy atom. The molecule has 0 aliphatic carbocycles. The average molecular weight is 423 g/mol. The smallest absolute Gasteiger partial charge is 0.406 e. The molecule has 0 bridgehead atoms. The van der Waals surface area contributed by atoms with Crippen molar-refractivity contribution in [2.75, 3.05) is 18.0 Å². The lowest BCUT2D eigenvalue weighted by atomic mass is 9.92. The second-order valence-corrected chi connectivity index (χ2v) is 7.14. The summed E-state index contributed by atoms with van der Waals surface area (Å²) < 4.78 is 40.7. The molecule has 1 aliphatic heterocycles. The Morgan fingerprint density at radius 1 is 1.20 bits per heavy atom. The maximum Gasteiger partial charge on any atom is 0.573 e. The third-order valence-electron chi connectivity index (χ3n) is 4.77. The Balaban J connectivity index is 1.70. The molecule has 8 nitrogen and oxygen atoms in total. The predicted molar refractivity (Wildman–Crippen MR) is 101 cm³/mol. The van der Waals surface area contributed by atoms with E-state index in [0.29, 0.717) is 24.7 Å². The highest BCUT2D eigenvalue weighted by Gasteiger charge is 2.33. The molecule has 1 aromatic carbocycles. The van der Waals surface area contributed by atoms with E-state index in [4.69, 9.17) is 11.5 Å². The van der Waals surface area contributed by atoms with E-state index in [0.717, 1.165) is 5.56 Å². The van der Waals surface area contributed by atoms with Crippen molar-refractivity contribution < 1.29 is 27.5 Å². The number of carbonyl (C=O) groups excluding carboxylic acids is 2. The zero-order valence-electron chi connectivity index (χ0n) is 16.0. The SMILES string of the molecule is C[C@H](Cc1cc(C(N)=O)nc(N2CC(c3ccc(OC(F)(F)F)cc3)C2)n1)C(N)=O. The third kappa shape index (κ3) is 5.16. The second kappa shape index (κ2) is 8.17. The number of nitrogens with zero attached hydrogens (tertiary/aromatic N) is 3. The van der Waals surface area contributed by atoms with E-state index in [1.165, 1.54) is 18.2 Å². The minimum absolute atomic E-state index is 0.0313. The highest BCUT2D eigenvalue weighted by molar-refractivity contribution is 5.91. The van der Waals surface area contributed by atoms with E-state index >= 15 is 0 Å². The van der Waals surface area contributed by atoms with Gasteiger partial charge in [0.15, 0.2) is 0 Å². The van der Waals surface area contributed by atoms with Gasteiger partial charge in [0.2, 0.25) is 11.9 Å². The van der Waals surface area contributed by atoms with Crippen molar-refractivity contribution in [3.05, 3.63) is 47.3 Å². The summed E-state index contributed by atoms with van der Waals surface area (Å²) >= 11 is 0. The largest absolute Gasteiger partial charge is 0.573 e. The monoisotopic (exact) mass is 423 g/mol. The van der Waals surface area contributed by atoms with Crippen LogP contribution in [0, 0.1) is 5.92 Å². The van der Waals surface area contributed by atoms with Gasteiger partial charge in [-0.1, -0.05) is 19.1 Å². The Labute approximate surface area is 170 Å². The number of amides is 2. The predicted octanol–water partition coefficient (Wildman–Crippen LogP) is 1.74. The summed E-state index contributed by atoms with van der Waals surface area (Å²) in [6.45, 7) is 2.67. The van der Waals surface area contributed by atoms with Gasteiger partial charge in [0.1, 0.15) is 11.4 Å². The molecule has 2 aromatic rings. The molecular weight excluding hydrogens is 403 g/mol. The van der Waals surface area contributed by atoms with Crippen molar-refractivity contribution in [3.8, 4) is 5.75 Å². The number of anilines is 1. The zero-order chi connectivity index (χ0) is 22.1. The van der Waals surface area contributed by atoms with E-state index in [2.05, 4.69) is 14.7 Å². The summed E-state index contributed by atoms with van der Waals surface area (Å²) in [6, 6.07) is 7.10. The van der Waals surface area contributed by atoms with Crippen molar-refractivity contribution in [3.63, 3.8) is 0 Å². The lowest BCUT2D eigenvalue weighted by Crippen LogP contribution is -2.46. The molecule has 160 valence electrons. The fourth-order valence-corrected chi connectivity index (χ4v) is 3.06. The molecule has 2 heterocycles.